The molecule has 5 heteroatoms. The highest BCUT2D eigenvalue weighted by atomic mass is 16.5. The molecule has 0 aliphatic carbocycles. The molecule has 2 atom stereocenters. The first-order valence-corrected chi connectivity index (χ1v) is 7.60. The zero-order chi connectivity index (χ0) is 15.2. The van der Waals surface area contributed by atoms with Gasteiger partial charge in [-0.2, -0.15) is 0 Å². The first kappa shape index (κ1) is 15.8. The van der Waals surface area contributed by atoms with Gasteiger partial charge in [-0.05, 0) is 31.0 Å². The molecule has 2 unspecified atom stereocenters. The molecule has 1 heterocycles. The fraction of sp³-hybridized carbons (Fsp3) is 0.562. The van der Waals surface area contributed by atoms with Crippen LogP contribution in [-0.2, 0) is 9.53 Å². The van der Waals surface area contributed by atoms with Crippen LogP contribution >= 0.6 is 0 Å². The lowest BCUT2D eigenvalue weighted by Crippen LogP contribution is -2.54. The fourth-order valence-corrected chi connectivity index (χ4v) is 2.64. The Morgan fingerprint density at radius 2 is 2.19 bits per heavy atom. The lowest BCUT2D eigenvalue weighted by molar-refractivity contribution is -0.134. The summed E-state index contributed by atoms with van der Waals surface area (Å²) >= 11 is 0. The van der Waals surface area contributed by atoms with Crippen molar-refractivity contribution in [1.82, 2.24) is 10.2 Å². The van der Waals surface area contributed by atoms with Crippen LogP contribution < -0.4 is 11.1 Å². The van der Waals surface area contributed by atoms with Crippen LogP contribution in [0.3, 0.4) is 0 Å². The molecule has 0 radical (unpaired) electrons. The summed E-state index contributed by atoms with van der Waals surface area (Å²) in [4.78, 5) is 14.5. The second kappa shape index (κ2) is 7.43. The first-order chi connectivity index (χ1) is 10.1. The summed E-state index contributed by atoms with van der Waals surface area (Å²) < 4.78 is 5.50. The summed E-state index contributed by atoms with van der Waals surface area (Å²) in [5.74, 6) is 0.0545. The van der Waals surface area contributed by atoms with Crippen molar-refractivity contribution in [2.45, 2.75) is 32.4 Å². The minimum absolute atomic E-state index is 0.0545. The van der Waals surface area contributed by atoms with E-state index < -0.39 is 0 Å². The normalized spacial score (nSPS) is 21.0. The number of hydrogen-bond donors (Lipinski definition) is 2. The highest BCUT2D eigenvalue weighted by Gasteiger charge is 2.32. The van der Waals surface area contributed by atoms with Crippen LogP contribution in [0.5, 0.6) is 0 Å². The van der Waals surface area contributed by atoms with Crippen molar-refractivity contribution in [3.63, 3.8) is 0 Å². The quantitative estimate of drug-likeness (QED) is 0.808. The topological polar surface area (TPSA) is 67.6 Å². The van der Waals surface area contributed by atoms with Gasteiger partial charge in [-0.25, -0.2) is 0 Å². The van der Waals surface area contributed by atoms with Crippen LogP contribution in [0, 0.1) is 0 Å². The van der Waals surface area contributed by atoms with Gasteiger partial charge in [0, 0.05) is 24.8 Å². The molecule has 0 spiro atoms. The van der Waals surface area contributed by atoms with Gasteiger partial charge in [0.25, 0.3) is 0 Å². The van der Waals surface area contributed by atoms with Crippen molar-refractivity contribution in [3.05, 3.63) is 29.8 Å². The Morgan fingerprint density at radius 3 is 2.86 bits per heavy atom. The van der Waals surface area contributed by atoms with Crippen molar-refractivity contribution in [1.29, 1.82) is 0 Å². The fourth-order valence-electron chi connectivity index (χ4n) is 2.64. The predicted octanol–water partition coefficient (Wildman–Crippen LogP) is 1.56. The van der Waals surface area contributed by atoms with Gasteiger partial charge in [0.15, 0.2) is 0 Å². The summed E-state index contributed by atoms with van der Waals surface area (Å²) in [6.07, 6.45) is 0.937. The van der Waals surface area contributed by atoms with Gasteiger partial charge in [-0.1, -0.05) is 19.1 Å². The molecule has 0 saturated carbocycles. The smallest absolute Gasteiger partial charge is 0.239 e. The minimum atomic E-state index is -0.224. The molecule has 1 fully saturated rings. The summed E-state index contributed by atoms with van der Waals surface area (Å²) in [5, 5.41) is 2.97. The van der Waals surface area contributed by atoms with E-state index in [0.29, 0.717) is 19.8 Å². The van der Waals surface area contributed by atoms with E-state index in [1.807, 2.05) is 31.2 Å². The van der Waals surface area contributed by atoms with Crippen LogP contribution in [0.2, 0.25) is 0 Å². The Kier molecular flexibility index (Phi) is 5.59. The molecular formula is C16H25N3O2. The zero-order valence-corrected chi connectivity index (χ0v) is 12.8. The number of nitrogens with one attached hydrogen (secondary N) is 1. The number of amides is 1. The van der Waals surface area contributed by atoms with Crippen molar-refractivity contribution >= 4 is 11.6 Å². The first-order valence-electron chi connectivity index (χ1n) is 7.60. The predicted molar refractivity (Wildman–Crippen MR) is 83.9 cm³/mol. The second-order valence-corrected chi connectivity index (χ2v) is 5.46. The van der Waals surface area contributed by atoms with Gasteiger partial charge in [-0.15, -0.1) is 0 Å². The largest absolute Gasteiger partial charge is 0.399 e. The summed E-state index contributed by atoms with van der Waals surface area (Å²) in [7, 11) is 0. The van der Waals surface area contributed by atoms with E-state index in [0.717, 1.165) is 18.7 Å². The van der Waals surface area contributed by atoms with Crippen molar-refractivity contribution < 1.29 is 9.53 Å². The molecule has 21 heavy (non-hydrogen) atoms. The summed E-state index contributed by atoms with van der Waals surface area (Å²) in [5.41, 5.74) is 7.66. The van der Waals surface area contributed by atoms with E-state index >= 15 is 0 Å². The molecule has 116 valence electrons. The highest BCUT2D eigenvalue weighted by Crippen LogP contribution is 2.25. The number of carbonyl (C=O) groups excluding carboxylic acids is 1. The third-order valence-electron chi connectivity index (χ3n) is 3.94. The number of morpholine rings is 1. The maximum Gasteiger partial charge on any atom is 0.239 e. The Balaban J connectivity index is 2.10. The number of carbonyl (C=O) groups is 1. The number of rotatable bonds is 5. The molecule has 1 aromatic rings. The van der Waals surface area contributed by atoms with E-state index in [1.165, 1.54) is 5.56 Å². The van der Waals surface area contributed by atoms with Crippen molar-refractivity contribution in [2.75, 3.05) is 32.0 Å². The molecule has 1 aromatic carbocycles. The molecule has 1 aliphatic heterocycles. The number of benzene rings is 1. The van der Waals surface area contributed by atoms with E-state index in [2.05, 4.69) is 17.1 Å². The summed E-state index contributed by atoms with van der Waals surface area (Å²) in [6.45, 7) is 6.75. The average molecular weight is 291 g/mol. The van der Waals surface area contributed by atoms with E-state index in [4.69, 9.17) is 10.5 Å². The van der Waals surface area contributed by atoms with E-state index in [9.17, 15) is 4.79 Å². The molecule has 5 nitrogen and oxygen atoms in total. The molecule has 0 aromatic heterocycles. The Bertz CT molecular complexity index is 461. The third kappa shape index (κ3) is 3.95. The zero-order valence-electron chi connectivity index (χ0n) is 12.8. The molecular weight excluding hydrogens is 266 g/mol. The number of nitrogen functional groups attached to an aromatic ring is 1. The van der Waals surface area contributed by atoms with E-state index in [1.54, 1.807) is 0 Å². The van der Waals surface area contributed by atoms with Crippen LogP contribution in [0.4, 0.5) is 5.69 Å². The number of ether oxygens (including phenoxy) is 1. The second-order valence-electron chi connectivity index (χ2n) is 5.46. The molecule has 1 aliphatic rings. The minimum Gasteiger partial charge on any atom is -0.399 e. The van der Waals surface area contributed by atoms with Crippen LogP contribution in [0.15, 0.2) is 24.3 Å². The van der Waals surface area contributed by atoms with Crippen molar-refractivity contribution in [2.24, 2.45) is 0 Å². The highest BCUT2D eigenvalue weighted by molar-refractivity contribution is 5.82. The number of nitrogens with two attached hydrogens (primary N) is 1. The maximum absolute atomic E-state index is 12.3. The Morgan fingerprint density at radius 1 is 1.48 bits per heavy atom. The molecule has 0 bridgehead atoms. The molecule has 1 saturated heterocycles. The van der Waals surface area contributed by atoms with Crippen LogP contribution in [-0.4, -0.2) is 43.2 Å². The van der Waals surface area contributed by atoms with Crippen LogP contribution in [0.1, 0.15) is 31.9 Å². The van der Waals surface area contributed by atoms with Crippen molar-refractivity contribution in [3.8, 4) is 0 Å². The Labute approximate surface area is 126 Å². The monoisotopic (exact) mass is 291 g/mol. The Hall–Kier alpha value is -1.59. The number of hydrogen-bond acceptors (Lipinski definition) is 4. The van der Waals surface area contributed by atoms with Gasteiger partial charge < -0.3 is 15.8 Å². The lowest BCUT2D eigenvalue weighted by atomic mass is 10.0. The standard InChI is InChI=1S/C16H25N3O2/c1-3-8-18-16(20)15-11-21-10-9-19(15)12(2)13-4-6-14(17)7-5-13/h4-7,12,15H,3,8-11,17H2,1-2H3,(H,18,20). The number of anilines is 1. The van der Waals surface area contributed by atoms with Crippen LogP contribution in [0.25, 0.3) is 0 Å². The SMILES string of the molecule is CCCNC(=O)C1COCCN1C(C)c1ccc(N)cc1. The van der Waals surface area contributed by atoms with Gasteiger partial charge in [0.1, 0.15) is 6.04 Å². The molecule has 3 N–H and O–H groups in total. The molecule has 1 amide bonds. The van der Waals surface area contributed by atoms with Gasteiger partial charge in [-0.3, -0.25) is 9.69 Å². The average Bonchev–Trinajstić information content (AvgIpc) is 2.52. The van der Waals surface area contributed by atoms with E-state index in [-0.39, 0.29) is 18.0 Å². The van der Waals surface area contributed by atoms with Gasteiger partial charge in [0.2, 0.25) is 5.91 Å². The lowest BCUT2D eigenvalue weighted by Gasteiger charge is -2.38. The summed E-state index contributed by atoms with van der Waals surface area (Å²) in [6, 6.07) is 7.79. The maximum atomic E-state index is 12.3. The van der Waals surface area contributed by atoms with Gasteiger partial charge in [0.05, 0.1) is 13.2 Å². The molecule has 2 rings (SSSR count). The van der Waals surface area contributed by atoms with Gasteiger partial charge >= 0.3 is 0 Å². The number of nitrogens with zero attached hydrogens (tertiary/aromatic N) is 1. The third-order valence-corrected chi connectivity index (χ3v) is 3.94.